The average Bonchev–Trinajstić information content (AvgIpc) is 3.08. The molecule has 2 heterocycles. The summed E-state index contributed by atoms with van der Waals surface area (Å²) in [6.07, 6.45) is 0. The first-order chi connectivity index (χ1) is 16.2. The average molecular weight is 484 g/mol. The van der Waals surface area contributed by atoms with Gasteiger partial charge in [-0.3, -0.25) is 4.72 Å². The fraction of sp³-hybridized carbons (Fsp3) is 0.174. The number of anilines is 1. The van der Waals surface area contributed by atoms with Crippen molar-refractivity contribution in [2.75, 3.05) is 11.8 Å². The van der Waals surface area contributed by atoms with E-state index in [1.165, 1.54) is 25.3 Å². The van der Waals surface area contributed by atoms with Crippen LogP contribution in [0.5, 0.6) is 17.4 Å². The zero-order chi connectivity index (χ0) is 24.5. The summed E-state index contributed by atoms with van der Waals surface area (Å²) in [5.74, 6) is 0.602. The molecule has 4 aromatic rings. The van der Waals surface area contributed by atoms with E-state index < -0.39 is 15.8 Å². The summed E-state index contributed by atoms with van der Waals surface area (Å²) in [5, 5.41) is 12.7. The van der Waals surface area contributed by atoms with Gasteiger partial charge in [-0.2, -0.15) is 5.10 Å². The third-order valence-electron chi connectivity index (χ3n) is 5.24. The van der Waals surface area contributed by atoms with E-state index in [1.807, 2.05) is 20.8 Å². The molecule has 0 spiro atoms. The van der Waals surface area contributed by atoms with Gasteiger partial charge in [0.05, 0.1) is 12.8 Å². The van der Waals surface area contributed by atoms with E-state index in [1.54, 1.807) is 28.9 Å². The van der Waals surface area contributed by atoms with Gasteiger partial charge in [-0.25, -0.2) is 17.5 Å². The van der Waals surface area contributed by atoms with Crippen LogP contribution in [0, 0.1) is 26.6 Å². The summed E-state index contributed by atoms with van der Waals surface area (Å²) in [6.45, 7) is 5.89. The predicted molar refractivity (Wildman–Crippen MR) is 124 cm³/mol. The van der Waals surface area contributed by atoms with E-state index in [2.05, 4.69) is 20.0 Å². The minimum Gasteiger partial charge on any atom is -0.495 e. The van der Waals surface area contributed by atoms with Crippen LogP contribution < -0.4 is 14.2 Å². The highest BCUT2D eigenvalue weighted by atomic mass is 32.2. The number of benzene rings is 2. The Kier molecular flexibility index (Phi) is 6.20. The second-order valence-corrected chi connectivity index (χ2v) is 9.12. The molecule has 0 aliphatic heterocycles. The third kappa shape index (κ3) is 4.69. The fourth-order valence-electron chi connectivity index (χ4n) is 3.21. The largest absolute Gasteiger partial charge is 0.495 e. The van der Waals surface area contributed by atoms with Crippen LogP contribution in [0.25, 0.3) is 5.82 Å². The van der Waals surface area contributed by atoms with Crippen LogP contribution >= 0.6 is 0 Å². The van der Waals surface area contributed by atoms with Gasteiger partial charge in [0.25, 0.3) is 10.0 Å². The van der Waals surface area contributed by atoms with Crippen LogP contribution in [0.3, 0.4) is 0 Å². The number of nitrogens with zero attached hydrogens (tertiary/aromatic N) is 4. The van der Waals surface area contributed by atoms with E-state index in [-0.39, 0.29) is 22.2 Å². The zero-order valence-electron chi connectivity index (χ0n) is 18.9. The number of sulfonamides is 1. The number of hydrogen-bond acceptors (Lipinski definition) is 7. The van der Waals surface area contributed by atoms with Crippen molar-refractivity contribution in [2.24, 2.45) is 0 Å². The van der Waals surface area contributed by atoms with Gasteiger partial charge in [0.15, 0.2) is 5.82 Å². The van der Waals surface area contributed by atoms with Crippen molar-refractivity contribution < 1.29 is 22.3 Å². The maximum atomic E-state index is 13.6. The van der Waals surface area contributed by atoms with Crippen molar-refractivity contribution in [1.82, 2.24) is 20.0 Å². The van der Waals surface area contributed by atoms with Crippen LogP contribution in [-0.2, 0) is 10.0 Å². The Morgan fingerprint density at radius 1 is 0.971 bits per heavy atom. The minimum absolute atomic E-state index is 0.0338. The molecule has 4 rings (SSSR count). The van der Waals surface area contributed by atoms with Crippen molar-refractivity contribution in [3.8, 4) is 23.2 Å². The van der Waals surface area contributed by atoms with E-state index in [9.17, 15) is 12.8 Å². The topological polar surface area (TPSA) is 108 Å². The van der Waals surface area contributed by atoms with Gasteiger partial charge in [0.2, 0.25) is 5.88 Å². The second-order valence-electron chi connectivity index (χ2n) is 7.46. The predicted octanol–water partition coefficient (Wildman–Crippen LogP) is 4.33. The Bertz CT molecular complexity index is 1440. The Morgan fingerprint density at radius 3 is 2.29 bits per heavy atom. The molecule has 11 heteroatoms. The molecule has 176 valence electrons. The van der Waals surface area contributed by atoms with Crippen molar-refractivity contribution in [1.29, 1.82) is 0 Å². The van der Waals surface area contributed by atoms with Crippen LogP contribution in [0.15, 0.2) is 59.5 Å². The van der Waals surface area contributed by atoms with Crippen LogP contribution in [0.2, 0.25) is 0 Å². The lowest BCUT2D eigenvalue weighted by Gasteiger charge is -2.12. The first-order valence-corrected chi connectivity index (χ1v) is 11.7. The van der Waals surface area contributed by atoms with E-state index in [0.717, 1.165) is 29.1 Å². The van der Waals surface area contributed by atoms with Gasteiger partial charge in [-0.1, -0.05) is 0 Å². The maximum Gasteiger partial charge on any atom is 0.265 e. The lowest BCUT2D eigenvalue weighted by molar-refractivity contribution is 0.401. The van der Waals surface area contributed by atoms with Crippen LogP contribution in [-0.4, -0.2) is 35.5 Å². The SMILES string of the molecule is COc1ccc(F)cc1S(=O)(=O)Nc1ccc(Oc2ccc(-n3nc(C)c(C)c3C)nn2)cc1. The molecule has 0 saturated heterocycles. The van der Waals surface area contributed by atoms with Gasteiger partial charge < -0.3 is 9.47 Å². The fourth-order valence-corrected chi connectivity index (χ4v) is 4.45. The van der Waals surface area contributed by atoms with Gasteiger partial charge in [-0.05, 0) is 74.9 Å². The summed E-state index contributed by atoms with van der Waals surface area (Å²) >= 11 is 0. The molecule has 1 N–H and O–H groups in total. The minimum atomic E-state index is -4.07. The number of ether oxygens (including phenoxy) is 2. The number of aromatic nitrogens is 4. The van der Waals surface area contributed by atoms with Gasteiger partial charge in [0, 0.05) is 17.4 Å². The Labute approximate surface area is 196 Å². The summed E-state index contributed by atoms with van der Waals surface area (Å²) < 4.78 is 53.8. The molecule has 9 nitrogen and oxygen atoms in total. The Morgan fingerprint density at radius 2 is 1.71 bits per heavy atom. The number of aryl methyl sites for hydroxylation is 1. The van der Waals surface area contributed by atoms with Crippen molar-refractivity contribution in [3.05, 3.63) is 77.4 Å². The molecular weight excluding hydrogens is 461 g/mol. The molecule has 34 heavy (non-hydrogen) atoms. The zero-order valence-corrected chi connectivity index (χ0v) is 19.7. The smallest absolute Gasteiger partial charge is 0.265 e. The van der Waals surface area contributed by atoms with Crippen molar-refractivity contribution in [2.45, 2.75) is 25.7 Å². The highest BCUT2D eigenvalue weighted by molar-refractivity contribution is 7.92. The highest BCUT2D eigenvalue weighted by Gasteiger charge is 2.20. The molecule has 0 unspecified atom stereocenters. The van der Waals surface area contributed by atoms with Crippen LogP contribution in [0.1, 0.15) is 17.0 Å². The standard InChI is InChI=1S/C23H22FN5O4S/c1-14-15(2)27-29(16(14)3)22-11-12-23(26-25-22)33-19-8-6-18(7-9-19)28-34(30,31)21-13-17(24)5-10-20(21)32-4/h5-13,28H,1-4H3. The van der Waals surface area contributed by atoms with Crippen molar-refractivity contribution >= 4 is 15.7 Å². The molecule has 0 aliphatic carbocycles. The molecule has 0 saturated carbocycles. The molecular formula is C23H22FN5O4S. The monoisotopic (exact) mass is 483 g/mol. The van der Waals surface area contributed by atoms with E-state index in [0.29, 0.717) is 11.6 Å². The molecule has 2 aromatic heterocycles. The lowest BCUT2D eigenvalue weighted by Crippen LogP contribution is -2.14. The molecule has 0 fully saturated rings. The molecule has 0 aliphatic rings. The van der Waals surface area contributed by atoms with E-state index in [4.69, 9.17) is 9.47 Å². The summed E-state index contributed by atoms with van der Waals surface area (Å²) in [7, 11) is -2.76. The summed E-state index contributed by atoms with van der Waals surface area (Å²) in [5.41, 5.74) is 3.26. The Balaban J connectivity index is 1.47. The lowest BCUT2D eigenvalue weighted by atomic mass is 10.2. The first kappa shape index (κ1) is 23.2. The number of halogens is 1. The molecule has 0 bridgehead atoms. The highest BCUT2D eigenvalue weighted by Crippen LogP contribution is 2.28. The number of hydrogen-bond donors (Lipinski definition) is 1. The third-order valence-corrected chi connectivity index (χ3v) is 6.64. The van der Waals surface area contributed by atoms with E-state index >= 15 is 0 Å². The van der Waals surface area contributed by atoms with Gasteiger partial charge in [-0.15, -0.1) is 10.2 Å². The molecule has 0 atom stereocenters. The Hall–Kier alpha value is -3.99. The normalized spacial score (nSPS) is 11.3. The number of methoxy groups -OCH3 is 1. The second kappa shape index (κ2) is 9.10. The van der Waals surface area contributed by atoms with Crippen LogP contribution in [0.4, 0.5) is 10.1 Å². The van der Waals surface area contributed by atoms with Gasteiger partial charge >= 0.3 is 0 Å². The van der Waals surface area contributed by atoms with Crippen molar-refractivity contribution in [3.63, 3.8) is 0 Å². The first-order valence-electron chi connectivity index (χ1n) is 10.2. The molecule has 0 radical (unpaired) electrons. The maximum absolute atomic E-state index is 13.6. The molecule has 0 amide bonds. The number of rotatable bonds is 7. The van der Waals surface area contributed by atoms with Gasteiger partial charge in [0.1, 0.15) is 22.2 Å². The number of nitrogens with one attached hydrogen (secondary N) is 1. The quantitative estimate of drug-likeness (QED) is 0.417. The summed E-state index contributed by atoms with van der Waals surface area (Å²) in [6, 6.07) is 12.9. The summed E-state index contributed by atoms with van der Waals surface area (Å²) in [4.78, 5) is -0.302. The molecule has 2 aromatic carbocycles.